The molecule has 0 radical (unpaired) electrons. The van der Waals surface area contributed by atoms with E-state index in [0.717, 1.165) is 6.54 Å². The summed E-state index contributed by atoms with van der Waals surface area (Å²) in [5, 5.41) is 0. The van der Waals surface area contributed by atoms with Gasteiger partial charge in [-0.15, -0.1) is 0 Å². The molecular formula is C10H21NOS. The molecule has 3 heteroatoms. The maximum Gasteiger partial charge on any atom is 0.0790 e. The van der Waals surface area contributed by atoms with E-state index >= 15 is 0 Å². The van der Waals surface area contributed by atoms with E-state index in [1.165, 1.54) is 43.6 Å². The van der Waals surface area contributed by atoms with Crippen LogP contribution in [0.5, 0.6) is 0 Å². The Bertz CT molecular complexity index is 115. The normalized spacial score (nSPS) is 18.2. The Hall–Kier alpha value is 0.270. The van der Waals surface area contributed by atoms with Crippen molar-refractivity contribution in [1.82, 2.24) is 5.48 Å². The van der Waals surface area contributed by atoms with Gasteiger partial charge < -0.3 is 0 Å². The van der Waals surface area contributed by atoms with Crippen molar-refractivity contribution in [2.75, 3.05) is 18.1 Å². The lowest BCUT2D eigenvalue weighted by Gasteiger charge is -2.10. The molecule has 0 saturated heterocycles. The first-order chi connectivity index (χ1) is 6.43. The fraction of sp³-hybridized carbons (Fsp3) is 1.00. The maximum atomic E-state index is 5.52. The van der Waals surface area contributed by atoms with Gasteiger partial charge in [-0.1, -0.05) is 19.8 Å². The molecule has 78 valence electrons. The summed E-state index contributed by atoms with van der Waals surface area (Å²) in [5.41, 5.74) is 3.07. The molecule has 0 unspecified atom stereocenters. The second kappa shape index (κ2) is 7.65. The summed E-state index contributed by atoms with van der Waals surface area (Å²) < 4.78 is 0. The molecule has 0 atom stereocenters. The van der Waals surface area contributed by atoms with E-state index in [4.69, 9.17) is 4.84 Å². The zero-order chi connectivity index (χ0) is 9.36. The molecule has 0 aromatic rings. The monoisotopic (exact) mass is 203 g/mol. The lowest BCUT2D eigenvalue weighted by atomic mass is 10.3. The van der Waals surface area contributed by atoms with Gasteiger partial charge in [-0.2, -0.15) is 11.8 Å². The van der Waals surface area contributed by atoms with Crippen molar-refractivity contribution in [2.24, 2.45) is 0 Å². The van der Waals surface area contributed by atoms with Crippen LogP contribution < -0.4 is 5.48 Å². The van der Waals surface area contributed by atoms with Crippen LogP contribution in [-0.2, 0) is 4.84 Å². The summed E-state index contributed by atoms with van der Waals surface area (Å²) in [5.74, 6) is 2.47. The molecule has 1 aliphatic rings. The zero-order valence-electron chi connectivity index (χ0n) is 8.55. The van der Waals surface area contributed by atoms with Crippen LogP contribution in [0.1, 0.15) is 39.0 Å². The molecule has 1 N–H and O–H groups in total. The van der Waals surface area contributed by atoms with E-state index < -0.39 is 0 Å². The topological polar surface area (TPSA) is 21.3 Å². The van der Waals surface area contributed by atoms with Crippen LogP contribution in [0.2, 0.25) is 0 Å². The average molecular weight is 203 g/mol. The van der Waals surface area contributed by atoms with E-state index in [1.54, 1.807) is 0 Å². The van der Waals surface area contributed by atoms with Crippen molar-refractivity contribution in [3.63, 3.8) is 0 Å². The van der Waals surface area contributed by atoms with E-state index in [1.807, 2.05) is 11.8 Å². The van der Waals surface area contributed by atoms with Crippen LogP contribution in [0, 0.1) is 0 Å². The smallest absolute Gasteiger partial charge is 0.0790 e. The molecule has 1 rings (SSSR count). The Morgan fingerprint density at radius 1 is 1.38 bits per heavy atom. The number of rotatable bonds is 7. The molecule has 0 heterocycles. The molecule has 0 aromatic carbocycles. The van der Waals surface area contributed by atoms with Crippen molar-refractivity contribution in [3.05, 3.63) is 0 Å². The van der Waals surface area contributed by atoms with Gasteiger partial charge in [-0.3, -0.25) is 4.84 Å². The highest BCUT2D eigenvalue weighted by atomic mass is 32.2. The number of hydrogen-bond acceptors (Lipinski definition) is 3. The highest BCUT2D eigenvalue weighted by Gasteiger charge is 2.14. The molecule has 13 heavy (non-hydrogen) atoms. The van der Waals surface area contributed by atoms with Crippen molar-refractivity contribution < 1.29 is 4.84 Å². The highest BCUT2D eigenvalue weighted by Crippen LogP contribution is 2.19. The number of thioether (sulfide) groups is 1. The molecule has 0 spiro atoms. The number of nitrogens with one attached hydrogen (secondary N) is 1. The fourth-order valence-electron chi connectivity index (χ4n) is 1.57. The van der Waals surface area contributed by atoms with E-state index in [2.05, 4.69) is 12.4 Å². The van der Waals surface area contributed by atoms with Gasteiger partial charge in [-0.25, -0.2) is 5.48 Å². The summed E-state index contributed by atoms with van der Waals surface area (Å²) in [6.07, 6.45) is 6.90. The maximum absolute atomic E-state index is 5.52. The van der Waals surface area contributed by atoms with Crippen LogP contribution in [0.25, 0.3) is 0 Å². The van der Waals surface area contributed by atoms with Crippen LogP contribution in [-0.4, -0.2) is 24.2 Å². The molecule has 1 fully saturated rings. The molecule has 0 aromatic heterocycles. The van der Waals surface area contributed by atoms with E-state index in [-0.39, 0.29) is 0 Å². The van der Waals surface area contributed by atoms with Crippen LogP contribution in [0.3, 0.4) is 0 Å². The van der Waals surface area contributed by atoms with Gasteiger partial charge in [0.2, 0.25) is 0 Å². The zero-order valence-corrected chi connectivity index (χ0v) is 9.37. The number of hydrogen-bond donors (Lipinski definition) is 1. The van der Waals surface area contributed by atoms with Gasteiger partial charge >= 0.3 is 0 Å². The standard InChI is InChI=1S/C10H21NOS/c1-2-13-9-5-8-11-12-10-6-3-4-7-10/h10-11H,2-9H2,1H3. The third-order valence-electron chi connectivity index (χ3n) is 2.32. The predicted molar refractivity (Wildman–Crippen MR) is 59.0 cm³/mol. The molecule has 0 amide bonds. The third kappa shape index (κ3) is 5.55. The van der Waals surface area contributed by atoms with Gasteiger partial charge in [0, 0.05) is 6.54 Å². The summed E-state index contributed by atoms with van der Waals surface area (Å²) in [7, 11) is 0. The van der Waals surface area contributed by atoms with Crippen molar-refractivity contribution in [3.8, 4) is 0 Å². The highest BCUT2D eigenvalue weighted by molar-refractivity contribution is 7.99. The minimum absolute atomic E-state index is 0.499. The van der Waals surface area contributed by atoms with Gasteiger partial charge in [0.05, 0.1) is 6.10 Å². The Morgan fingerprint density at radius 2 is 2.15 bits per heavy atom. The quantitative estimate of drug-likeness (QED) is 0.507. The minimum Gasteiger partial charge on any atom is -0.299 e. The second-order valence-corrected chi connectivity index (χ2v) is 4.86. The first kappa shape index (κ1) is 11.3. The van der Waals surface area contributed by atoms with Crippen LogP contribution in [0.4, 0.5) is 0 Å². The predicted octanol–water partition coefficient (Wildman–Crippen LogP) is 2.59. The molecule has 1 aliphatic carbocycles. The van der Waals surface area contributed by atoms with Gasteiger partial charge in [0.15, 0.2) is 0 Å². The average Bonchev–Trinajstić information content (AvgIpc) is 2.63. The fourth-order valence-corrected chi connectivity index (χ4v) is 2.21. The largest absolute Gasteiger partial charge is 0.299 e. The van der Waals surface area contributed by atoms with Crippen molar-refractivity contribution in [1.29, 1.82) is 0 Å². The molecule has 0 aliphatic heterocycles. The summed E-state index contributed by atoms with van der Waals surface area (Å²) >= 11 is 2.00. The van der Waals surface area contributed by atoms with Crippen LogP contribution >= 0.6 is 11.8 Å². The number of hydroxylamine groups is 1. The summed E-state index contributed by atoms with van der Waals surface area (Å²) in [6.45, 7) is 3.20. The molecular weight excluding hydrogens is 182 g/mol. The minimum atomic E-state index is 0.499. The molecule has 0 bridgehead atoms. The first-order valence-electron chi connectivity index (χ1n) is 5.39. The van der Waals surface area contributed by atoms with Crippen molar-refractivity contribution >= 4 is 11.8 Å². The van der Waals surface area contributed by atoms with Gasteiger partial charge in [0.25, 0.3) is 0 Å². The molecule has 2 nitrogen and oxygen atoms in total. The van der Waals surface area contributed by atoms with Crippen LogP contribution in [0.15, 0.2) is 0 Å². The molecule has 1 saturated carbocycles. The first-order valence-corrected chi connectivity index (χ1v) is 6.55. The Kier molecular flexibility index (Phi) is 6.68. The van der Waals surface area contributed by atoms with E-state index in [0.29, 0.717) is 6.10 Å². The van der Waals surface area contributed by atoms with Gasteiger partial charge in [-0.05, 0) is 30.8 Å². The van der Waals surface area contributed by atoms with Gasteiger partial charge in [0.1, 0.15) is 0 Å². The Morgan fingerprint density at radius 3 is 2.85 bits per heavy atom. The second-order valence-electron chi connectivity index (χ2n) is 3.47. The lowest BCUT2D eigenvalue weighted by Crippen LogP contribution is -2.23. The van der Waals surface area contributed by atoms with Crippen molar-refractivity contribution in [2.45, 2.75) is 45.1 Å². The SMILES string of the molecule is CCSCCCNOC1CCCC1. The Labute approximate surface area is 85.8 Å². The summed E-state index contributed by atoms with van der Waals surface area (Å²) in [6, 6.07) is 0. The third-order valence-corrected chi connectivity index (χ3v) is 3.31. The lowest BCUT2D eigenvalue weighted by molar-refractivity contribution is -0.0201. The Balaban J connectivity index is 1.78. The summed E-state index contributed by atoms with van der Waals surface area (Å²) in [4.78, 5) is 5.52. The van der Waals surface area contributed by atoms with E-state index in [9.17, 15) is 0 Å².